The Labute approximate surface area is 108 Å². The zero-order chi connectivity index (χ0) is 10.1. The van der Waals surface area contributed by atoms with Gasteiger partial charge in [0.05, 0.1) is 19.6 Å². The number of fused-ring (bicyclic) bond motifs is 3. The van der Waals surface area contributed by atoms with Crippen LogP contribution in [0.3, 0.4) is 0 Å². The van der Waals surface area contributed by atoms with Crippen LogP contribution in [0.15, 0.2) is 30.3 Å². The molecule has 0 spiro atoms. The molecule has 3 aliphatic heterocycles. The van der Waals surface area contributed by atoms with Crippen LogP contribution in [0.4, 0.5) is 0 Å². The van der Waals surface area contributed by atoms with Crippen molar-refractivity contribution in [2.45, 2.75) is 6.54 Å². The van der Waals surface area contributed by atoms with E-state index in [9.17, 15) is 0 Å². The topological polar surface area (TPSA) is 3.24 Å². The van der Waals surface area contributed by atoms with E-state index in [1.807, 2.05) is 0 Å². The van der Waals surface area contributed by atoms with E-state index in [0.717, 1.165) is 0 Å². The highest BCUT2D eigenvalue weighted by Crippen LogP contribution is 2.22. The maximum Gasteiger partial charge on any atom is 0.104 e. The average molecular weight is 283 g/mol. The highest BCUT2D eigenvalue weighted by Gasteiger charge is 2.38. The fourth-order valence-electron chi connectivity index (χ4n) is 2.94. The van der Waals surface area contributed by atoms with Gasteiger partial charge in [-0.15, -0.1) is 0 Å². The lowest BCUT2D eigenvalue weighted by Gasteiger charge is -2.50. The van der Waals surface area contributed by atoms with Gasteiger partial charge in [-0.3, -0.25) is 4.90 Å². The number of quaternary nitrogens is 1. The fraction of sp³-hybridized carbons (Fsp3) is 0.538. The second-order valence-corrected chi connectivity index (χ2v) is 5.00. The lowest BCUT2D eigenvalue weighted by atomic mass is 10.1. The predicted molar refractivity (Wildman–Crippen MR) is 61.4 cm³/mol. The van der Waals surface area contributed by atoms with Gasteiger partial charge in [0.15, 0.2) is 0 Å². The molecule has 0 aliphatic carbocycles. The SMILES string of the molecule is [Br-].c1ccc(C[N+]23CCN(CC2)CC3)cc1. The first-order chi connectivity index (χ1) is 7.36. The van der Waals surface area contributed by atoms with Gasteiger partial charge in [-0.1, -0.05) is 30.3 Å². The van der Waals surface area contributed by atoms with Gasteiger partial charge < -0.3 is 21.5 Å². The van der Waals surface area contributed by atoms with E-state index in [1.165, 1.54) is 55.9 Å². The number of rotatable bonds is 2. The van der Waals surface area contributed by atoms with Gasteiger partial charge in [0.2, 0.25) is 0 Å². The Morgan fingerprint density at radius 1 is 0.938 bits per heavy atom. The molecule has 0 radical (unpaired) electrons. The lowest BCUT2D eigenvalue weighted by molar-refractivity contribution is -0.953. The largest absolute Gasteiger partial charge is 1.00 e. The number of halogens is 1. The van der Waals surface area contributed by atoms with E-state index in [2.05, 4.69) is 35.2 Å². The molecule has 0 saturated carbocycles. The third-order valence-corrected chi connectivity index (χ3v) is 4.03. The Balaban J connectivity index is 0.000000963. The lowest BCUT2D eigenvalue weighted by Crippen LogP contribution is -3.00. The van der Waals surface area contributed by atoms with Crippen molar-refractivity contribution in [3.05, 3.63) is 35.9 Å². The van der Waals surface area contributed by atoms with Crippen LogP contribution in [0.1, 0.15) is 5.56 Å². The quantitative estimate of drug-likeness (QED) is 0.587. The van der Waals surface area contributed by atoms with E-state index >= 15 is 0 Å². The molecule has 3 aliphatic rings. The molecule has 2 nitrogen and oxygen atoms in total. The second kappa shape index (κ2) is 4.86. The maximum absolute atomic E-state index is 2.60. The van der Waals surface area contributed by atoms with E-state index in [4.69, 9.17) is 0 Å². The molecule has 3 saturated heterocycles. The molecule has 0 N–H and O–H groups in total. The Morgan fingerprint density at radius 3 is 2.06 bits per heavy atom. The van der Waals surface area contributed by atoms with Crippen LogP contribution in [0.2, 0.25) is 0 Å². The van der Waals surface area contributed by atoms with Gasteiger partial charge in [-0.2, -0.15) is 0 Å². The van der Waals surface area contributed by atoms with E-state index in [-0.39, 0.29) is 17.0 Å². The maximum atomic E-state index is 2.60. The van der Waals surface area contributed by atoms with Crippen LogP contribution < -0.4 is 17.0 Å². The summed E-state index contributed by atoms with van der Waals surface area (Å²) in [6.45, 7) is 9.25. The molecule has 0 aromatic heterocycles. The minimum Gasteiger partial charge on any atom is -1.00 e. The molecule has 3 fully saturated rings. The zero-order valence-corrected chi connectivity index (χ0v) is 11.2. The van der Waals surface area contributed by atoms with Crippen molar-refractivity contribution in [1.29, 1.82) is 0 Å². The summed E-state index contributed by atoms with van der Waals surface area (Å²) in [5.74, 6) is 0. The second-order valence-electron chi connectivity index (χ2n) is 5.00. The first kappa shape index (κ1) is 12.1. The van der Waals surface area contributed by atoms with Crippen LogP contribution in [0.25, 0.3) is 0 Å². The summed E-state index contributed by atoms with van der Waals surface area (Å²) in [5, 5.41) is 0. The molecule has 0 unspecified atom stereocenters. The molecule has 16 heavy (non-hydrogen) atoms. The van der Waals surface area contributed by atoms with Crippen molar-refractivity contribution >= 4 is 0 Å². The summed E-state index contributed by atoms with van der Waals surface area (Å²) in [6, 6.07) is 11.0. The monoisotopic (exact) mass is 282 g/mol. The van der Waals surface area contributed by atoms with Crippen molar-refractivity contribution in [1.82, 2.24) is 4.90 Å². The van der Waals surface area contributed by atoms with Crippen LogP contribution in [-0.2, 0) is 6.54 Å². The van der Waals surface area contributed by atoms with Crippen molar-refractivity contribution in [2.75, 3.05) is 39.3 Å². The Hall–Kier alpha value is -0.380. The molecular weight excluding hydrogens is 264 g/mol. The third-order valence-electron chi connectivity index (χ3n) is 4.03. The van der Waals surface area contributed by atoms with E-state index in [1.54, 1.807) is 0 Å². The molecule has 0 amide bonds. The summed E-state index contributed by atoms with van der Waals surface area (Å²) in [4.78, 5) is 2.60. The minimum absolute atomic E-state index is 0. The Morgan fingerprint density at radius 2 is 1.50 bits per heavy atom. The number of hydrogen-bond donors (Lipinski definition) is 0. The molecule has 3 heterocycles. The number of nitrogens with zero attached hydrogens (tertiary/aromatic N) is 2. The van der Waals surface area contributed by atoms with Gasteiger partial charge in [0.25, 0.3) is 0 Å². The van der Waals surface area contributed by atoms with E-state index in [0.29, 0.717) is 0 Å². The molecule has 88 valence electrons. The summed E-state index contributed by atoms with van der Waals surface area (Å²) in [7, 11) is 0. The van der Waals surface area contributed by atoms with Crippen molar-refractivity contribution in [3.63, 3.8) is 0 Å². The van der Waals surface area contributed by atoms with Crippen molar-refractivity contribution < 1.29 is 21.5 Å². The molecule has 2 bridgehead atoms. The number of hydrogen-bond acceptors (Lipinski definition) is 1. The smallest absolute Gasteiger partial charge is 0.104 e. The van der Waals surface area contributed by atoms with Gasteiger partial charge in [0, 0.05) is 25.2 Å². The van der Waals surface area contributed by atoms with Gasteiger partial charge in [-0.25, -0.2) is 0 Å². The first-order valence-electron chi connectivity index (χ1n) is 5.98. The van der Waals surface area contributed by atoms with Crippen LogP contribution in [-0.4, -0.2) is 48.7 Å². The van der Waals surface area contributed by atoms with Crippen LogP contribution in [0, 0.1) is 0 Å². The number of benzene rings is 1. The summed E-state index contributed by atoms with van der Waals surface area (Å²) < 4.78 is 1.33. The molecule has 1 aromatic carbocycles. The first-order valence-corrected chi connectivity index (χ1v) is 5.98. The van der Waals surface area contributed by atoms with Gasteiger partial charge in [0.1, 0.15) is 6.54 Å². The van der Waals surface area contributed by atoms with Gasteiger partial charge in [-0.05, 0) is 0 Å². The van der Waals surface area contributed by atoms with Crippen molar-refractivity contribution in [2.24, 2.45) is 0 Å². The molecular formula is C13H19BrN2. The van der Waals surface area contributed by atoms with E-state index < -0.39 is 0 Å². The van der Waals surface area contributed by atoms with Crippen LogP contribution in [0.5, 0.6) is 0 Å². The Bertz CT molecular complexity index is 317. The molecule has 0 atom stereocenters. The van der Waals surface area contributed by atoms with Crippen LogP contribution >= 0.6 is 0 Å². The average Bonchev–Trinajstić information content (AvgIpc) is 2.32. The summed E-state index contributed by atoms with van der Waals surface area (Å²) in [5.41, 5.74) is 1.51. The fourth-order valence-corrected chi connectivity index (χ4v) is 2.94. The van der Waals surface area contributed by atoms with Crippen molar-refractivity contribution in [3.8, 4) is 0 Å². The third kappa shape index (κ3) is 2.31. The molecule has 4 rings (SSSR count). The zero-order valence-electron chi connectivity index (χ0n) is 9.61. The molecule has 3 heteroatoms. The molecule has 1 aromatic rings. The standard InChI is InChI=1S/C13H19N2.BrH/c1-2-4-13(5-3-1)12-15-9-6-14(7-10-15)8-11-15;/h1-5H,6-12H2;1H/q+1;/p-1. The Kier molecular flexibility index (Phi) is 3.67. The summed E-state index contributed by atoms with van der Waals surface area (Å²) in [6.07, 6.45) is 0. The number of piperazine rings is 3. The predicted octanol–water partition coefficient (Wildman–Crippen LogP) is -1.66. The summed E-state index contributed by atoms with van der Waals surface area (Å²) >= 11 is 0. The van der Waals surface area contributed by atoms with Gasteiger partial charge >= 0.3 is 0 Å². The highest BCUT2D eigenvalue weighted by molar-refractivity contribution is 5.13. The normalized spacial score (nSPS) is 32.1. The highest BCUT2D eigenvalue weighted by atomic mass is 79.9. The minimum atomic E-state index is 0.